The van der Waals surface area contributed by atoms with Crippen molar-refractivity contribution in [1.82, 2.24) is 4.90 Å². The number of nitrogens with one attached hydrogen (secondary N) is 1. The molecule has 2 aromatic carbocycles. The standard InChI is InChI=1S/C20H21N3O3/c1-15-6-8-18(9-7-15)22-19(24)12-21-26-14-20(25)23-11-10-16-4-2-3-5-17(16)13-23/h2-9,12H,10-11,13-14H2,1H3,(H,22,24). The van der Waals surface area contributed by atoms with Gasteiger partial charge in [0.05, 0.1) is 0 Å². The van der Waals surface area contributed by atoms with Gasteiger partial charge >= 0.3 is 0 Å². The number of carbonyl (C=O) groups excluding carboxylic acids is 2. The van der Waals surface area contributed by atoms with E-state index in [1.54, 1.807) is 17.0 Å². The SMILES string of the molecule is Cc1ccc(NC(=O)C=NOCC(=O)N2CCc3ccccc3C2)cc1. The molecule has 0 saturated heterocycles. The van der Waals surface area contributed by atoms with Gasteiger partial charge in [-0.15, -0.1) is 0 Å². The molecule has 0 fully saturated rings. The number of carbonyl (C=O) groups is 2. The van der Waals surface area contributed by atoms with Gasteiger partial charge in [0.1, 0.15) is 6.21 Å². The summed E-state index contributed by atoms with van der Waals surface area (Å²) < 4.78 is 0. The Hall–Kier alpha value is -3.15. The zero-order valence-corrected chi connectivity index (χ0v) is 14.6. The summed E-state index contributed by atoms with van der Waals surface area (Å²) in [7, 11) is 0. The molecule has 0 spiro atoms. The fourth-order valence-electron chi connectivity index (χ4n) is 2.79. The van der Waals surface area contributed by atoms with Crippen molar-refractivity contribution in [1.29, 1.82) is 0 Å². The van der Waals surface area contributed by atoms with Crippen LogP contribution in [-0.4, -0.2) is 36.1 Å². The van der Waals surface area contributed by atoms with Gasteiger partial charge in [-0.2, -0.15) is 0 Å². The molecule has 0 radical (unpaired) electrons. The van der Waals surface area contributed by atoms with Crippen LogP contribution in [0.1, 0.15) is 16.7 Å². The van der Waals surface area contributed by atoms with Gasteiger partial charge in [0.2, 0.25) is 0 Å². The Labute approximate surface area is 152 Å². The average Bonchev–Trinajstić information content (AvgIpc) is 2.66. The molecular formula is C20H21N3O3. The monoisotopic (exact) mass is 351 g/mol. The third-order valence-corrected chi connectivity index (χ3v) is 4.23. The highest BCUT2D eigenvalue weighted by Crippen LogP contribution is 2.18. The summed E-state index contributed by atoms with van der Waals surface area (Å²) in [5, 5.41) is 6.25. The molecule has 1 N–H and O–H groups in total. The predicted molar refractivity (Wildman–Crippen MR) is 99.8 cm³/mol. The van der Waals surface area contributed by atoms with Crippen LogP contribution < -0.4 is 5.32 Å². The minimum Gasteiger partial charge on any atom is -0.386 e. The lowest BCUT2D eigenvalue weighted by atomic mass is 10.00. The topological polar surface area (TPSA) is 71.0 Å². The molecule has 0 aromatic heterocycles. The molecule has 2 aromatic rings. The minimum absolute atomic E-state index is 0.143. The maximum atomic E-state index is 12.2. The van der Waals surface area contributed by atoms with E-state index in [4.69, 9.17) is 4.84 Å². The van der Waals surface area contributed by atoms with E-state index in [0.29, 0.717) is 18.8 Å². The van der Waals surface area contributed by atoms with Crippen molar-refractivity contribution >= 4 is 23.7 Å². The number of benzene rings is 2. The van der Waals surface area contributed by atoms with E-state index in [2.05, 4.69) is 16.5 Å². The number of hydrogen-bond donors (Lipinski definition) is 1. The third-order valence-electron chi connectivity index (χ3n) is 4.23. The maximum absolute atomic E-state index is 12.2. The van der Waals surface area contributed by atoms with Crippen molar-refractivity contribution in [3.05, 3.63) is 65.2 Å². The van der Waals surface area contributed by atoms with E-state index in [0.717, 1.165) is 23.8 Å². The summed E-state index contributed by atoms with van der Waals surface area (Å²) in [6.45, 7) is 3.03. The Morgan fingerprint density at radius 3 is 2.65 bits per heavy atom. The van der Waals surface area contributed by atoms with Crippen LogP contribution in [0.3, 0.4) is 0 Å². The number of nitrogens with zero attached hydrogens (tertiary/aromatic N) is 2. The molecule has 2 amide bonds. The Kier molecular flexibility index (Phi) is 5.63. The molecule has 0 saturated carbocycles. The molecule has 6 nitrogen and oxygen atoms in total. The van der Waals surface area contributed by atoms with Gasteiger partial charge in [0, 0.05) is 18.8 Å². The smallest absolute Gasteiger partial charge is 0.270 e. The summed E-state index contributed by atoms with van der Waals surface area (Å²) >= 11 is 0. The molecule has 134 valence electrons. The van der Waals surface area contributed by atoms with Crippen LogP contribution in [0.2, 0.25) is 0 Å². The highest BCUT2D eigenvalue weighted by atomic mass is 16.6. The van der Waals surface area contributed by atoms with Crippen LogP contribution in [0.4, 0.5) is 5.69 Å². The number of fused-ring (bicyclic) bond motifs is 1. The lowest BCUT2D eigenvalue weighted by Crippen LogP contribution is -2.37. The van der Waals surface area contributed by atoms with E-state index < -0.39 is 5.91 Å². The fourth-order valence-corrected chi connectivity index (χ4v) is 2.79. The van der Waals surface area contributed by atoms with Crippen LogP contribution in [0, 0.1) is 6.92 Å². The lowest BCUT2D eigenvalue weighted by Gasteiger charge is -2.28. The number of aryl methyl sites for hydroxylation is 1. The second kappa shape index (κ2) is 8.29. The molecule has 0 bridgehead atoms. The van der Waals surface area contributed by atoms with Gasteiger partial charge in [0.25, 0.3) is 11.8 Å². The second-order valence-corrected chi connectivity index (χ2v) is 6.20. The first-order valence-corrected chi connectivity index (χ1v) is 8.49. The number of oxime groups is 1. The first-order chi connectivity index (χ1) is 12.6. The van der Waals surface area contributed by atoms with Crippen molar-refractivity contribution in [2.45, 2.75) is 19.9 Å². The Morgan fingerprint density at radius 2 is 1.88 bits per heavy atom. The Balaban J connectivity index is 1.43. The van der Waals surface area contributed by atoms with Crippen LogP contribution in [0.5, 0.6) is 0 Å². The maximum Gasteiger partial charge on any atom is 0.270 e. The number of amides is 2. The van der Waals surface area contributed by atoms with E-state index in [1.807, 2.05) is 37.3 Å². The zero-order chi connectivity index (χ0) is 18.4. The largest absolute Gasteiger partial charge is 0.386 e. The predicted octanol–water partition coefficient (Wildman–Crippen LogP) is 2.52. The summed E-state index contributed by atoms with van der Waals surface area (Å²) in [4.78, 5) is 30.7. The second-order valence-electron chi connectivity index (χ2n) is 6.20. The van der Waals surface area contributed by atoms with Gasteiger partial charge in [0.15, 0.2) is 6.61 Å². The normalized spacial score (nSPS) is 13.3. The third kappa shape index (κ3) is 4.69. The van der Waals surface area contributed by atoms with E-state index in [9.17, 15) is 9.59 Å². The van der Waals surface area contributed by atoms with Crippen molar-refractivity contribution < 1.29 is 14.4 Å². The van der Waals surface area contributed by atoms with Crippen molar-refractivity contribution in [3.8, 4) is 0 Å². The van der Waals surface area contributed by atoms with Crippen molar-refractivity contribution in [2.75, 3.05) is 18.5 Å². The first kappa shape index (κ1) is 17.7. The van der Waals surface area contributed by atoms with Gasteiger partial charge in [-0.3, -0.25) is 9.59 Å². The first-order valence-electron chi connectivity index (χ1n) is 8.49. The van der Waals surface area contributed by atoms with Crippen LogP contribution >= 0.6 is 0 Å². The molecule has 1 aliphatic rings. The number of anilines is 1. The minimum atomic E-state index is -0.409. The van der Waals surface area contributed by atoms with Crippen molar-refractivity contribution in [2.24, 2.45) is 5.16 Å². The van der Waals surface area contributed by atoms with Crippen LogP contribution in [0.15, 0.2) is 53.7 Å². The van der Waals surface area contributed by atoms with E-state index in [1.165, 1.54) is 5.56 Å². The van der Waals surface area contributed by atoms with E-state index >= 15 is 0 Å². The number of hydrogen-bond acceptors (Lipinski definition) is 4. The molecule has 0 atom stereocenters. The molecule has 0 aliphatic carbocycles. The Morgan fingerprint density at radius 1 is 1.15 bits per heavy atom. The summed E-state index contributed by atoms with van der Waals surface area (Å²) in [6.07, 6.45) is 1.86. The summed E-state index contributed by atoms with van der Waals surface area (Å²) in [6, 6.07) is 15.5. The molecule has 0 unspecified atom stereocenters. The molecule has 3 rings (SSSR count). The van der Waals surface area contributed by atoms with Gasteiger partial charge in [-0.25, -0.2) is 0 Å². The molecule has 1 heterocycles. The summed E-state index contributed by atoms with van der Waals surface area (Å²) in [5.41, 5.74) is 4.23. The van der Waals surface area contributed by atoms with Crippen LogP contribution in [-0.2, 0) is 27.4 Å². The Bertz CT molecular complexity index is 815. The highest BCUT2D eigenvalue weighted by Gasteiger charge is 2.20. The summed E-state index contributed by atoms with van der Waals surface area (Å²) in [5.74, 6) is -0.552. The van der Waals surface area contributed by atoms with E-state index in [-0.39, 0.29) is 12.5 Å². The van der Waals surface area contributed by atoms with Gasteiger partial charge < -0.3 is 15.1 Å². The number of rotatable bonds is 5. The fraction of sp³-hybridized carbons (Fsp3) is 0.250. The van der Waals surface area contributed by atoms with Gasteiger partial charge in [-0.1, -0.05) is 47.1 Å². The molecule has 26 heavy (non-hydrogen) atoms. The molecule has 6 heteroatoms. The zero-order valence-electron chi connectivity index (χ0n) is 14.6. The van der Waals surface area contributed by atoms with Crippen molar-refractivity contribution in [3.63, 3.8) is 0 Å². The molecule has 1 aliphatic heterocycles. The lowest BCUT2D eigenvalue weighted by molar-refractivity contribution is -0.137. The highest BCUT2D eigenvalue weighted by molar-refractivity contribution is 6.31. The van der Waals surface area contributed by atoms with Crippen LogP contribution in [0.25, 0.3) is 0 Å². The molecular weight excluding hydrogens is 330 g/mol. The van der Waals surface area contributed by atoms with Gasteiger partial charge in [-0.05, 0) is 36.6 Å². The quantitative estimate of drug-likeness (QED) is 0.665. The average molecular weight is 351 g/mol.